The van der Waals surface area contributed by atoms with Gasteiger partial charge in [0.15, 0.2) is 17.4 Å². The maximum absolute atomic E-state index is 11.5. The first-order valence-corrected chi connectivity index (χ1v) is 6.35. The van der Waals surface area contributed by atoms with Crippen molar-refractivity contribution in [3.8, 4) is 23.1 Å². The van der Waals surface area contributed by atoms with Gasteiger partial charge in [-0.15, -0.1) is 0 Å². The highest BCUT2D eigenvalue weighted by atomic mass is 16.3. The number of anilines is 1. The summed E-state index contributed by atoms with van der Waals surface area (Å²) < 4.78 is 5.29. The molecule has 3 heterocycles. The molecule has 0 unspecified atom stereocenters. The Bertz CT molecular complexity index is 684. The number of nitrogens with one attached hydrogen (secondary N) is 2. The van der Waals surface area contributed by atoms with Crippen molar-refractivity contribution in [2.24, 2.45) is 0 Å². The molecule has 106 valence electrons. The molecule has 0 aliphatic heterocycles. The van der Waals surface area contributed by atoms with E-state index in [9.17, 15) is 4.79 Å². The van der Waals surface area contributed by atoms with Gasteiger partial charge in [-0.2, -0.15) is 5.10 Å². The van der Waals surface area contributed by atoms with Crippen molar-refractivity contribution in [3.63, 3.8) is 0 Å². The van der Waals surface area contributed by atoms with Crippen molar-refractivity contribution in [3.05, 3.63) is 30.8 Å². The van der Waals surface area contributed by atoms with E-state index < -0.39 is 0 Å². The van der Waals surface area contributed by atoms with E-state index in [1.807, 2.05) is 0 Å². The van der Waals surface area contributed by atoms with Crippen molar-refractivity contribution < 1.29 is 9.21 Å². The van der Waals surface area contributed by atoms with Crippen molar-refractivity contribution >= 4 is 11.7 Å². The molecule has 1 amide bonds. The van der Waals surface area contributed by atoms with Crippen molar-refractivity contribution in [2.75, 3.05) is 5.32 Å². The zero-order valence-corrected chi connectivity index (χ0v) is 11.2. The van der Waals surface area contributed by atoms with Crippen LogP contribution in [0, 0.1) is 0 Å². The SMILES string of the molecule is CCC(=O)Nc1cc(-c2nc[nH]n2)nc(-c2ccco2)n1. The first-order valence-electron chi connectivity index (χ1n) is 6.35. The van der Waals surface area contributed by atoms with Crippen molar-refractivity contribution in [1.29, 1.82) is 0 Å². The van der Waals surface area contributed by atoms with Gasteiger partial charge in [-0.05, 0) is 12.1 Å². The second-order valence-electron chi connectivity index (χ2n) is 4.16. The first kappa shape index (κ1) is 13.0. The molecule has 0 aliphatic carbocycles. The molecule has 3 aromatic heterocycles. The Labute approximate surface area is 119 Å². The van der Waals surface area contributed by atoms with Gasteiger partial charge >= 0.3 is 0 Å². The highest BCUT2D eigenvalue weighted by Crippen LogP contribution is 2.22. The van der Waals surface area contributed by atoms with E-state index in [0.29, 0.717) is 35.3 Å². The summed E-state index contributed by atoms with van der Waals surface area (Å²) in [6.45, 7) is 1.76. The van der Waals surface area contributed by atoms with Crippen LogP contribution in [0.4, 0.5) is 5.82 Å². The molecule has 21 heavy (non-hydrogen) atoms. The van der Waals surface area contributed by atoms with Gasteiger partial charge in [0, 0.05) is 12.5 Å². The molecule has 8 nitrogen and oxygen atoms in total. The quantitative estimate of drug-likeness (QED) is 0.756. The van der Waals surface area contributed by atoms with Gasteiger partial charge in [-0.25, -0.2) is 15.0 Å². The number of aromatic nitrogens is 5. The van der Waals surface area contributed by atoms with Crippen molar-refractivity contribution in [2.45, 2.75) is 13.3 Å². The van der Waals surface area contributed by atoms with Crippen molar-refractivity contribution in [1.82, 2.24) is 25.1 Å². The zero-order valence-electron chi connectivity index (χ0n) is 11.2. The molecule has 3 rings (SSSR count). The summed E-state index contributed by atoms with van der Waals surface area (Å²) >= 11 is 0. The van der Waals surface area contributed by atoms with E-state index in [1.54, 1.807) is 25.1 Å². The predicted octanol–water partition coefficient (Wildman–Crippen LogP) is 1.87. The van der Waals surface area contributed by atoms with E-state index in [2.05, 4.69) is 30.5 Å². The number of amides is 1. The van der Waals surface area contributed by atoms with Gasteiger partial charge in [-0.1, -0.05) is 6.92 Å². The van der Waals surface area contributed by atoms with E-state index >= 15 is 0 Å². The smallest absolute Gasteiger partial charge is 0.225 e. The Morgan fingerprint density at radius 2 is 2.29 bits per heavy atom. The molecular weight excluding hydrogens is 272 g/mol. The highest BCUT2D eigenvalue weighted by molar-refractivity contribution is 5.90. The number of rotatable bonds is 4. The Kier molecular flexibility index (Phi) is 3.42. The minimum Gasteiger partial charge on any atom is -0.461 e. The lowest BCUT2D eigenvalue weighted by atomic mass is 10.3. The second-order valence-corrected chi connectivity index (χ2v) is 4.16. The Balaban J connectivity index is 2.06. The Morgan fingerprint density at radius 3 is 2.95 bits per heavy atom. The van der Waals surface area contributed by atoms with Crippen LogP contribution in [0.15, 0.2) is 35.2 Å². The van der Waals surface area contributed by atoms with Crippen LogP contribution in [0.5, 0.6) is 0 Å². The number of hydrogen-bond donors (Lipinski definition) is 2. The molecule has 0 aromatic carbocycles. The molecule has 0 saturated heterocycles. The Morgan fingerprint density at radius 1 is 1.38 bits per heavy atom. The number of H-pyrrole nitrogens is 1. The fraction of sp³-hybridized carbons (Fsp3) is 0.154. The molecule has 3 aromatic rings. The topological polar surface area (TPSA) is 110 Å². The summed E-state index contributed by atoms with van der Waals surface area (Å²) in [6.07, 6.45) is 3.34. The summed E-state index contributed by atoms with van der Waals surface area (Å²) in [6, 6.07) is 5.09. The fourth-order valence-corrected chi connectivity index (χ4v) is 1.71. The third-order valence-electron chi connectivity index (χ3n) is 2.70. The van der Waals surface area contributed by atoms with Gasteiger partial charge < -0.3 is 9.73 Å². The molecule has 0 spiro atoms. The normalized spacial score (nSPS) is 10.5. The maximum Gasteiger partial charge on any atom is 0.225 e. The molecule has 0 fully saturated rings. The molecule has 0 atom stereocenters. The van der Waals surface area contributed by atoms with Gasteiger partial charge in [0.1, 0.15) is 17.8 Å². The number of hydrogen-bond acceptors (Lipinski definition) is 6. The lowest BCUT2D eigenvalue weighted by Crippen LogP contribution is -2.11. The predicted molar refractivity (Wildman–Crippen MR) is 74.0 cm³/mol. The number of carbonyl (C=O) groups excluding carboxylic acids is 1. The third-order valence-corrected chi connectivity index (χ3v) is 2.70. The largest absolute Gasteiger partial charge is 0.461 e. The van der Waals surface area contributed by atoms with Crippen LogP contribution >= 0.6 is 0 Å². The van der Waals surface area contributed by atoms with E-state index in [0.717, 1.165) is 0 Å². The lowest BCUT2D eigenvalue weighted by Gasteiger charge is -2.06. The summed E-state index contributed by atoms with van der Waals surface area (Å²) in [7, 11) is 0. The van der Waals surface area contributed by atoms with E-state index in [4.69, 9.17) is 4.42 Å². The molecule has 8 heteroatoms. The minimum atomic E-state index is -0.139. The standard InChI is InChI=1S/C13H12N6O2/c1-2-11(20)17-10-6-8(12-14-7-15-19-12)16-13(18-10)9-4-3-5-21-9/h3-7H,2H2,1H3,(H,14,15,19)(H,16,17,18,20). The minimum absolute atomic E-state index is 0.139. The van der Waals surface area contributed by atoms with Gasteiger partial charge in [0.25, 0.3) is 0 Å². The molecule has 0 radical (unpaired) electrons. The van der Waals surface area contributed by atoms with Gasteiger partial charge in [0.2, 0.25) is 5.91 Å². The fourth-order valence-electron chi connectivity index (χ4n) is 1.71. The molecule has 0 bridgehead atoms. The monoisotopic (exact) mass is 284 g/mol. The molecular formula is C13H12N6O2. The van der Waals surface area contributed by atoms with Crippen LogP contribution in [0.1, 0.15) is 13.3 Å². The lowest BCUT2D eigenvalue weighted by molar-refractivity contribution is -0.115. The molecule has 2 N–H and O–H groups in total. The summed E-state index contributed by atoms with van der Waals surface area (Å²) in [5, 5.41) is 9.30. The second kappa shape index (κ2) is 5.53. The summed E-state index contributed by atoms with van der Waals surface area (Å²) in [4.78, 5) is 24.2. The van der Waals surface area contributed by atoms with Crippen LogP contribution < -0.4 is 5.32 Å². The van der Waals surface area contributed by atoms with E-state index in [1.165, 1.54) is 12.6 Å². The number of carbonyl (C=O) groups is 1. The van der Waals surface area contributed by atoms with Crippen LogP contribution in [-0.2, 0) is 4.79 Å². The maximum atomic E-state index is 11.5. The summed E-state index contributed by atoms with van der Waals surface area (Å²) in [5.41, 5.74) is 0.490. The van der Waals surface area contributed by atoms with Crippen LogP contribution in [0.3, 0.4) is 0 Å². The van der Waals surface area contributed by atoms with Crippen LogP contribution in [0.25, 0.3) is 23.1 Å². The highest BCUT2D eigenvalue weighted by Gasteiger charge is 2.13. The average Bonchev–Trinajstić information content (AvgIpc) is 3.20. The molecule has 0 saturated carbocycles. The van der Waals surface area contributed by atoms with Crippen LogP contribution in [-0.4, -0.2) is 31.1 Å². The molecule has 0 aliphatic rings. The number of nitrogens with zero attached hydrogens (tertiary/aromatic N) is 4. The third kappa shape index (κ3) is 2.78. The van der Waals surface area contributed by atoms with E-state index in [-0.39, 0.29) is 5.91 Å². The first-order chi connectivity index (χ1) is 10.3. The zero-order chi connectivity index (χ0) is 14.7. The number of aromatic amines is 1. The van der Waals surface area contributed by atoms with Gasteiger partial charge in [-0.3, -0.25) is 9.89 Å². The summed E-state index contributed by atoms with van der Waals surface area (Å²) in [5.74, 6) is 1.51. The van der Waals surface area contributed by atoms with Crippen LogP contribution in [0.2, 0.25) is 0 Å². The Hall–Kier alpha value is -3.03. The van der Waals surface area contributed by atoms with Gasteiger partial charge in [0.05, 0.1) is 6.26 Å². The average molecular weight is 284 g/mol. The number of furan rings is 1.